The number of rotatable bonds is 11. The molecule has 0 amide bonds. The third kappa shape index (κ3) is 8.33. The van der Waals surface area contributed by atoms with Gasteiger partial charge in [-0.15, -0.1) is 0 Å². The van der Waals surface area contributed by atoms with Crippen molar-refractivity contribution < 1.29 is 61.7 Å². The van der Waals surface area contributed by atoms with Gasteiger partial charge in [0, 0.05) is 17.8 Å². The van der Waals surface area contributed by atoms with Crippen LogP contribution in [0.15, 0.2) is 111 Å². The first-order chi connectivity index (χ1) is 18.7. The molecular formula is C25H19N4NaO8S2. The molecule has 0 aliphatic carbocycles. The molecule has 0 radical (unpaired) electrons. The van der Waals surface area contributed by atoms with Gasteiger partial charge >= 0.3 is 39.7 Å². The molecule has 4 aromatic carbocycles. The van der Waals surface area contributed by atoms with Gasteiger partial charge < -0.3 is 14.8 Å². The van der Waals surface area contributed by atoms with Gasteiger partial charge in [-0.25, -0.2) is 0 Å². The number of non-ortho nitro benzene ring substituents is 1. The fourth-order valence-corrected chi connectivity index (χ4v) is 4.97. The number of nitrogens with one attached hydrogen (secondary N) is 1. The molecule has 0 fully saturated rings. The van der Waals surface area contributed by atoms with Gasteiger partial charge in [0.25, 0.3) is 5.69 Å². The Bertz CT molecular complexity index is 1610. The minimum absolute atomic E-state index is 0. The van der Waals surface area contributed by atoms with Crippen molar-refractivity contribution in [3.8, 4) is 5.75 Å². The number of nitro groups is 1. The van der Waals surface area contributed by atoms with E-state index in [-0.39, 0.29) is 50.8 Å². The number of azo groups is 1. The minimum Gasteiger partial charge on any atom is -0.691 e. The van der Waals surface area contributed by atoms with Crippen LogP contribution in [0.2, 0.25) is 0 Å². The molecule has 12 nitrogen and oxygen atoms in total. The van der Waals surface area contributed by atoms with Crippen LogP contribution in [-0.2, 0) is 19.5 Å². The Morgan fingerprint density at radius 2 is 1.57 bits per heavy atom. The Labute approximate surface area is 255 Å². The van der Waals surface area contributed by atoms with Crippen LogP contribution in [0.3, 0.4) is 0 Å². The summed E-state index contributed by atoms with van der Waals surface area (Å²) < 4.78 is 34.8. The zero-order valence-electron chi connectivity index (χ0n) is 21.1. The molecule has 4 rings (SSSR count). The maximum Gasteiger partial charge on any atom is 1.00 e. The summed E-state index contributed by atoms with van der Waals surface area (Å²) in [6.07, 6.45) is 0. The van der Waals surface area contributed by atoms with Gasteiger partial charge in [0.05, 0.1) is 38.9 Å². The van der Waals surface area contributed by atoms with Crippen LogP contribution in [-0.4, -0.2) is 13.3 Å². The van der Waals surface area contributed by atoms with Crippen molar-refractivity contribution in [3.63, 3.8) is 0 Å². The number of nitrogens with zero attached hydrogens (tertiary/aromatic N) is 3. The van der Waals surface area contributed by atoms with E-state index in [4.69, 9.17) is 4.18 Å². The van der Waals surface area contributed by atoms with Crippen molar-refractivity contribution in [2.75, 3.05) is 5.32 Å². The number of hydrogen-bond acceptors (Lipinski definition) is 12. The average molecular weight is 591 g/mol. The molecule has 0 saturated heterocycles. The van der Waals surface area contributed by atoms with Crippen LogP contribution in [0.1, 0.15) is 5.56 Å². The predicted molar refractivity (Wildman–Crippen MR) is 140 cm³/mol. The number of para-hydroxylation sites is 1. The van der Waals surface area contributed by atoms with E-state index in [1.54, 1.807) is 67.6 Å². The summed E-state index contributed by atoms with van der Waals surface area (Å²) in [6.45, 7) is 1.64. The van der Waals surface area contributed by atoms with E-state index in [0.717, 1.165) is 0 Å². The molecule has 40 heavy (non-hydrogen) atoms. The van der Waals surface area contributed by atoms with Crippen LogP contribution in [0.4, 0.5) is 28.4 Å². The van der Waals surface area contributed by atoms with E-state index >= 15 is 0 Å². The quantitative estimate of drug-likeness (QED) is 0.0522. The number of nitro benzene ring substituents is 1. The van der Waals surface area contributed by atoms with E-state index in [1.165, 1.54) is 30.3 Å². The van der Waals surface area contributed by atoms with E-state index < -0.39 is 15.0 Å². The molecule has 4 aromatic rings. The monoisotopic (exact) mass is 590 g/mol. The molecule has 1 N–H and O–H groups in total. The first-order valence-corrected chi connectivity index (χ1v) is 13.2. The largest absolute Gasteiger partial charge is 1.00 e. The maximum absolute atomic E-state index is 12.7. The van der Waals surface area contributed by atoms with Crippen molar-refractivity contribution in [3.05, 3.63) is 107 Å². The van der Waals surface area contributed by atoms with Gasteiger partial charge in [0.15, 0.2) is 0 Å². The molecule has 0 spiro atoms. The Morgan fingerprint density at radius 3 is 2.23 bits per heavy atom. The number of benzene rings is 4. The van der Waals surface area contributed by atoms with Crippen molar-refractivity contribution in [1.82, 2.24) is 0 Å². The average Bonchev–Trinajstić information content (AvgIpc) is 2.92. The first kappa shape index (κ1) is 31.2. The summed E-state index contributed by atoms with van der Waals surface area (Å²) in [5, 5.41) is 36.0. The minimum atomic E-state index is -4.02. The summed E-state index contributed by atoms with van der Waals surface area (Å²) in [4.78, 5) is 10.8. The van der Waals surface area contributed by atoms with Crippen LogP contribution in [0.5, 0.6) is 5.75 Å². The van der Waals surface area contributed by atoms with Gasteiger partial charge in [0.2, 0.25) is 0 Å². The second-order valence-corrected chi connectivity index (χ2v) is 10.1. The molecule has 200 valence electrons. The van der Waals surface area contributed by atoms with Gasteiger partial charge in [-0.1, -0.05) is 18.2 Å². The second-order valence-electron chi connectivity index (χ2n) is 7.83. The molecule has 0 saturated carbocycles. The van der Waals surface area contributed by atoms with Crippen LogP contribution in [0.25, 0.3) is 0 Å². The zero-order chi connectivity index (χ0) is 27.8. The molecule has 0 aromatic heterocycles. The van der Waals surface area contributed by atoms with Crippen LogP contribution >= 0.6 is 12.0 Å². The molecule has 0 heterocycles. The third-order valence-corrected chi connectivity index (χ3v) is 7.18. The summed E-state index contributed by atoms with van der Waals surface area (Å²) in [5.41, 5.74) is 2.29. The summed E-state index contributed by atoms with van der Waals surface area (Å²) >= 11 is 0.530. The van der Waals surface area contributed by atoms with Crippen molar-refractivity contribution in [1.29, 1.82) is 0 Å². The number of anilines is 2. The maximum atomic E-state index is 12.7. The molecule has 0 atom stereocenters. The molecule has 0 aliphatic rings. The summed E-state index contributed by atoms with van der Waals surface area (Å²) in [7, 11) is -4.02. The smallest absolute Gasteiger partial charge is 0.691 e. The standard InChI is InChI=1S/C25H20N4O8S2.Na/c1-17-15-20(11-14-25(17)39(33,34)35-22-5-3-2-4-6-22)28-27-19-9-7-18(8-10-19)26-23-13-12-21(29(30)31)16-24(23)38-37-36-32;/h2-16,26,32H,1H3;/q;+1/p-1. The predicted octanol–water partition coefficient (Wildman–Crippen LogP) is 3.06. The fourth-order valence-electron chi connectivity index (χ4n) is 3.35. The first-order valence-electron chi connectivity index (χ1n) is 11.1. The molecule has 15 heteroatoms. The van der Waals surface area contributed by atoms with Crippen molar-refractivity contribution >= 4 is 50.6 Å². The molecule has 0 unspecified atom stereocenters. The third-order valence-electron chi connectivity index (χ3n) is 5.13. The topological polar surface area (TPSA) is 165 Å². The number of aryl methyl sites for hydroxylation is 1. The Morgan fingerprint density at radius 1 is 0.900 bits per heavy atom. The van der Waals surface area contributed by atoms with Gasteiger partial charge in [-0.3, -0.25) is 15.2 Å². The van der Waals surface area contributed by atoms with Gasteiger partial charge in [-0.05, 0) is 73.2 Å². The molecule has 0 aliphatic heterocycles. The van der Waals surface area contributed by atoms with Crippen LogP contribution in [0, 0.1) is 17.0 Å². The Balaban J connectivity index is 0.00000441. The molecular weight excluding hydrogens is 571 g/mol. The van der Waals surface area contributed by atoms with Gasteiger partial charge in [0.1, 0.15) is 10.6 Å². The second kappa shape index (κ2) is 14.3. The van der Waals surface area contributed by atoms with E-state index in [9.17, 15) is 23.8 Å². The normalized spacial score (nSPS) is 11.2. The Hall–Kier alpha value is -3.34. The fraction of sp³-hybridized carbons (Fsp3) is 0.0400. The van der Waals surface area contributed by atoms with Crippen molar-refractivity contribution in [2.24, 2.45) is 10.2 Å². The number of hydrogen-bond donors (Lipinski definition) is 1. The van der Waals surface area contributed by atoms with Gasteiger partial charge in [-0.2, -0.15) is 23.0 Å². The Kier molecular flexibility index (Phi) is 11.2. The van der Waals surface area contributed by atoms with E-state index in [2.05, 4.69) is 24.9 Å². The summed E-state index contributed by atoms with van der Waals surface area (Å²) in [6, 6.07) is 23.5. The SMILES string of the molecule is Cc1cc(N=Nc2ccc(Nc3ccc([N+](=O)[O-])cc3SOO[O-])cc2)ccc1S(=O)(=O)Oc1ccccc1.[Na+]. The van der Waals surface area contributed by atoms with E-state index in [1.807, 2.05) is 0 Å². The van der Waals surface area contributed by atoms with E-state index in [0.29, 0.717) is 40.4 Å². The zero-order valence-corrected chi connectivity index (χ0v) is 24.7. The van der Waals surface area contributed by atoms with Crippen molar-refractivity contribution in [2.45, 2.75) is 16.7 Å². The summed E-state index contributed by atoms with van der Waals surface area (Å²) in [5.74, 6) is 0.215. The molecule has 0 bridgehead atoms. The van der Waals surface area contributed by atoms with Crippen LogP contribution < -0.4 is 44.3 Å².